The first-order valence-corrected chi connectivity index (χ1v) is 12.0. The maximum absolute atomic E-state index is 13.3. The minimum absolute atomic E-state index is 0.0713. The molecule has 9 nitrogen and oxygen atoms in total. The first-order valence-electron chi connectivity index (χ1n) is 12.0. The van der Waals surface area contributed by atoms with Gasteiger partial charge in [0.1, 0.15) is 0 Å². The fraction of sp³-hybridized carbons (Fsp3) is 0.600. The number of fused-ring (bicyclic) bond motifs is 2. The van der Waals surface area contributed by atoms with Gasteiger partial charge in [-0.15, -0.1) is 0 Å². The number of aryl methyl sites for hydroxylation is 2. The van der Waals surface area contributed by atoms with Crippen LogP contribution in [0.15, 0.2) is 18.2 Å². The summed E-state index contributed by atoms with van der Waals surface area (Å²) in [5, 5.41) is 17.8. The van der Waals surface area contributed by atoms with E-state index in [4.69, 9.17) is 9.90 Å². The SMILES string of the molecule is Cc1nc2ccc(C(=O)N3C[C@H]4C[C@@H](N5CCN(C)CC5)[C@H](O)C[C@H]4C3)cc2nc1C.O=CO. The molecule has 2 N–H and O–H groups in total. The summed E-state index contributed by atoms with van der Waals surface area (Å²) in [4.78, 5) is 37.6. The van der Waals surface area contributed by atoms with Crippen LogP contribution in [-0.2, 0) is 4.79 Å². The number of likely N-dealkylation sites (tertiary alicyclic amines) is 1. The number of nitrogens with zero attached hydrogens (tertiary/aromatic N) is 5. The highest BCUT2D eigenvalue weighted by Crippen LogP contribution is 2.39. The van der Waals surface area contributed by atoms with Crippen molar-refractivity contribution in [2.24, 2.45) is 11.8 Å². The Balaban J connectivity index is 0.000000868. The number of aliphatic hydroxyl groups excluding tert-OH is 1. The van der Waals surface area contributed by atoms with Gasteiger partial charge in [-0.05, 0) is 63.8 Å². The molecule has 0 bridgehead atoms. The molecule has 1 aromatic heterocycles. The Morgan fingerprint density at radius 2 is 1.59 bits per heavy atom. The van der Waals surface area contributed by atoms with Crippen LogP contribution < -0.4 is 0 Å². The number of aromatic nitrogens is 2. The van der Waals surface area contributed by atoms with E-state index in [1.54, 1.807) is 0 Å². The number of amides is 1. The summed E-state index contributed by atoms with van der Waals surface area (Å²) in [6, 6.07) is 5.88. The number of aliphatic hydroxyl groups is 1. The van der Waals surface area contributed by atoms with Crippen molar-refractivity contribution in [2.45, 2.75) is 38.8 Å². The quantitative estimate of drug-likeness (QED) is 0.636. The van der Waals surface area contributed by atoms with E-state index in [1.807, 2.05) is 36.9 Å². The van der Waals surface area contributed by atoms with Crippen LogP contribution in [-0.4, -0.2) is 106 Å². The fourth-order valence-corrected chi connectivity index (χ4v) is 5.67. The van der Waals surface area contributed by atoms with E-state index in [1.165, 1.54) is 0 Å². The molecular formula is C25H35N5O4. The van der Waals surface area contributed by atoms with Crippen molar-refractivity contribution in [1.82, 2.24) is 24.7 Å². The monoisotopic (exact) mass is 469 g/mol. The molecule has 4 atom stereocenters. The van der Waals surface area contributed by atoms with Crippen LogP contribution in [0, 0.1) is 25.7 Å². The number of hydrogen-bond acceptors (Lipinski definition) is 7. The van der Waals surface area contributed by atoms with Gasteiger partial charge in [0.15, 0.2) is 0 Å². The summed E-state index contributed by atoms with van der Waals surface area (Å²) in [7, 11) is 2.16. The number of piperazine rings is 1. The second-order valence-electron chi connectivity index (χ2n) is 9.88. The minimum atomic E-state index is -0.290. The maximum atomic E-state index is 13.3. The van der Waals surface area contributed by atoms with E-state index in [0.29, 0.717) is 17.4 Å². The van der Waals surface area contributed by atoms with Gasteiger partial charge < -0.3 is 20.0 Å². The lowest BCUT2D eigenvalue weighted by Gasteiger charge is -2.44. The molecule has 3 heterocycles. The van der Waals surface area contributed by atoms with Gasteiger partial charge in [0, 0.05) is 50.9 Å². The van der Waals surface area contributed by atoms with E-state index in [0.717, 1.165) is 74.5 Å². The largest absolute Gasteiger partial charge is 0.483 e. The Morgan fingerprint density at radius 3 is 2.24 bits per heavy atom. The van der Waals surface area contributed by atoms with Gasteiger partial charge in [-0.3, -0.25) is 14.5 Å². The van der Waals surface area contributed by atoms with Gasteiger partial charge in [0.2, 0.25) is 0 Å². The van der Waals surface area contributed by atoms with Gasteiger partial charge in [0.25, 0.3) is 12.4 Å². The average molecular weight is 470 g/mol. The van der Waals surface area contributed by atoms with E-state index in [-0.39, 0.29) is 24.5 Å². The summed E-state index contributed by atoms with van der Waals surface area (Å²) in [6.07, 6.45) is 1.50. The second-order valence-corrected chi connectivity index (χ2v) is 9.88. The average Bonchev–Trinajstić information content (AvgIpc) is 3.22. The highest BCUT2D eigenvalue weighted by Gasteiger charge is 2.45. The van der Waals surface area contributed by atoms with E-state index in [2.05, 4.69) is 26.8 Å². The first kappa shape index (κ1) is 24.5. The van der Waals surface area contributed by atoms with Crippen LogP contribution in [0.2, 0.25) is 0 Å². The molecule has 0 radical (unpaired) electrons. The predicted octanol–water partition coefficient (Wildman–Crippen LogP) is 1.41. The van der Waals surface area contributed by atoms with Crippen molar-refractivity contribution in [3.05, 3.63) is 35.2 Å². The van der Waals surface area contributed by atoms with Crippen molar-refractivity contribution in [3.63, 3.8) is 0 Å². The summed E-state index contributed by atoms with van der Waals surface area (Å²) in [5.74, 6) is 0.942. The fourth-order valence-electron chi connectivity index (χ4n) is 5.67. The van der Waals surface area contributed by atoms with E-state index in [9.17, 15) is 9.90 Å². The molecule has 5 rings (SSSR count). The summed E-state index contributed by atoms with van der Waals surface area (Å²) < 4.78 is 0. The second kappa shape index (κ2) is 10.3. The van der Waals surface area contributed by atoms with Crippen molar-refractivity contribution in [3.8, 4) is 0 Å². The van der Waals surface area contributed by atoms with Crippen LogP contribution in [0.1, 0.15) is 34.6 Å². The minimum Gasteiger partial charge on any atom is -0.483 e. The number of carbonyl (C=O) groups is 2. The lowest BCUT2D eigenvalue weighted by molar-refractivity contribution is -0.122. The summed E-state index contributed by atoms with van der Waals surface area (Å²) in [5.41, 5.74) is 4.10. The number of benzene rings is 1. The van der Waals surface area contributed by atoms with Crippen LogP contribution in [0.25, 0.3) is 11.0 Å². The topological polar surface area (TPSA) is 110 Å². The zero-order chi connectivity index (χ0) is 24.4. The Kier molecular flexibility index (Phi) is 7.45. The molecule has 2 aromatic rings. The predicted molar refractivity (Wildman–Crippen MR) is 129 cm³/mol. The molecule has 2 aliphatic heterocycles. The maximum Gasteiger partial charge on any atom is 0.290 e. The number of rotatable bonds is 2. The molecule has 2 saturated heterocycles. The van der Waals surface area contributed by atoms with Crippen LogP contribution >= 0.6 is 0 Å². The molecule has 1 aliphatic carbocycles. The summed E-state index contributed by atoms with van der Waals surface area (Å²) in [6.45, 7) is 9.35. The first-order chi connectivity index (χ1) is 16.3. The molecule has 34 heavy (non-hydrogen) atoms. The molecule has 0 unspecified atom stereocenters. The van der Waals surface area contributed by atoms with Crippen LogP contribution in [0.5, 0.6) is 0 Å². The van der Waals surface area contributed by atoms with Crippen LogP contribution in [0.3, 0.4) is 0 Å². The zero-order valence-corrected chi connectivity index (χ0v) is 20.2. The number of carboxylic acid groups (broad SMARTS) is 1. The highest BCUT2D eigenvalue weighted by molar-refractivity contribution is 5.97. The standard InChI is InChI=1S/C24H33N5O2.CH2O2/c1-15-16(2)26-21-10-17(4-5-20(21)25-15)24(31)29-13-18-11-22(23(30)12-19(18)14-29)28-8-6-27(3)7-9-28;2-1-3/h4-5,10,18-19,22-23,30H,6-9,11-14H2,1-3H3;1H,(H,2,3)/t18-,19+,22-,23-;/m1./s1. The number of likely N-dealkylation sites (N-methyl/N-ethyl adjacent to an activating group) is 1. The normalized spacial score (nSPS) is 27.7. The van der Waals surface area contributed by atoms with Crippen molar-refractivity contribution >= 4 is 23.4 Å². The van der Waals surface area contributed by atoms with Crippen LogP contribution in [0.4, 0.5) is 0 Å². The third-order valence-electron chi connectivity index (χ3n) is 7.73. The van der Waals surface area contributed by atoms with Gasteiger partial charge in [-0.25, -0.2) is 9.97 Å². The molecule has 9 heteroatoms. The van der Waals surface area contributed by atoms with Crippen molar-refractivity contribution < 1.29 is 19.8 Å². The number of hydrogen-bond donors (Lipinski definition) is 2. The smallest absolute Gasteiger partial charge is 0.290 e. The Labute approximate surface area is 200 Å². The van der Waals surface area contributed by atoms with Gasteiger partial charge in [0.05, 0.1) is 28.5 Å². The molecule has 1 amide bonds. The van der Waals surface area contributed by atoms with Gasteiger partial charge in [-0.1, -0.05) is 0 Å². The lowest BCUT2D eigenvalue weighted by atomic mass is 9.77. The highest BCUT2D eigenvalue weighted by atomic mass is 16.3. The molecule has 0 spiro atoms. The number of carbonyl (C=O) groups excluding carboxylic acids is 1. The Bertz CT molecular complexity index is 1040. The zero-order valence-electron chi connectivity index (χ0n) is 20.2. The molecule has 184 valence electrons. The molecule has 1 aromatic carbocycles. The van der Waals surface area contributed by atoms with Crippen molar-refractivity contribution in [1.29, 1.82) is 0 Å². The van der Waals surface area contributed by atoms with Crippen molar-refractivity contribution in [2.75, 3.05) is 46.3 Å². The lowest BCUT2D eigenvalue weighted by Crippen LogP contribution is -2.55. The van der Waals surface area contributed by atoms with Gasteiger partial charge in [-0.2, -0.15) is 0 Å². The Morgan fingerprint density at radius 1 is 1.00 bits per heavy atom. The third kappa shape index (κ3) is 5.06. The molecular weight excluding hydrogens is 434 g/mol. The molecule has 3 fully saturated rings. The Hall–Kier alpha value is -2.62. The summed E-state index contributed by atoms with van der Waals surface area (Å²) >= 11 is 0. The van der Waals surface area contributed by atoms with E-state index >= 15 is 0 Å². The van der Waals surface area contributed by atoms with Gasteiger partial charge >= 0.3 is 0 Å². The molecule has 3 aliphatic rings. The molecule has 1 saturated carbocycles. The van der Waals surface area contributed by atoms with E-state index < -0.39 is 0 Å². The third-order valence-corrected chi connectivity index (χ3v) is 7.73.